The Morgan fingerprint density at radius 2 is 2.39 bits per heavy atom. The van der Waals surface area contributed by atoms with Gasteiger partial charge in [0.05, 0.1) is 6.26 Å². The quantitative estimate of drug-likeness (QED) is 0.893. The van der Waals surface area contributed by atoms with E-state index in [2.05, 4.69) is 10.3 Å². The molecule has 1 aliphatic rings. The summed E-state index contributed by atoms with van der Waals surface area (Å²) < 4.78 is 5.31. The van der Waals surface area contributed by atoms with Crippen LogP contribution in [0.15, 0.2) is 47.3 Å². The fourth-order valence-electron chi connectivity index (χ4n) is 2.12. The molecule has 2 heterocycles. The largest absolute Gasteiger partial charge is 0.469 e. The predicted molar refractivity (Wildman–Crippen MR) is 65.6 cm³/mol. The van der Waals surface area contributed by atoms with E-state index in [1.165, 1.54) is 0 Å². The molecular weight excluding hydrogens is 228 g/mol. The maximum absolute atomic E-state index is 11.9. The first-order valence-electron chi connectivity index (χ1n) is 6.04. The molecule has 3 rings (SSSR count). The van der Waals surface area contributed by atoms with E-state index >= 15 is 0 Å². The number of hydrogen-bond donors (Lipinski definition) is 1. The number of carbonyl (C=O) groups is 1. The summed E-state index contributed by atoms with van der Waals surface area (Å²) >= 11 is 0. The van der Waals surface area contributed by atoms with Crippen molar-refractivity contribution < 1.29 is 9.21 Å². The molecule has 0 saturated heterocycles. The van der Waals surface area contributed by atoms with Crippen molar-refractivity contribution in [2.24, 2.45) is 5.92 Å². The number of pyridine rings is 1. The lowest BCUT2D eigenvalue weighted by Gasteiger charge is -2.03. The van der Waals surface area contributed by atoms with Crippen LogP contribution in [0, 0.1) is 5.92 Å². The number of aromatic nitrogens is 1. The molecule has 0 aliphatic heterocycles. The van der Waals surface area contributed by atoms with Gasteiger partial charge in [-0.05, 0) is 30.2 Å². The van der Waals surface area contributed by atoms with E-state index in [4.69, 9.17) is 4.42 Å². The summed E-state index contributed by atoms with van der Waals surface area (Å²) in [6.45, 7) is 0.536. The first kappa shape index (κ1) is 11.0. The maximum Gasteiger partial charge on any atom is 0.224 e. The zero-order valence-electron chi connectivity index (χ0n) is 9.87. The lowest BCUT2D eigenvalue weighted by Crippen LogP contribution is -2.24. The van der Waals surface area contributed by atoms with Crippen molar-refractivity contribution >= 4 is 5.91 Å². The van der Waals surface area contributed by atoms with Crippen molar-refractivity contribution in [1.29, 1.82) is 0 Å². The molecule has 4 heteroatoms. The zero-order chi connectivity index (χ0) is 12.4. The third-order valence-corrected chi connectivity index (χ3v) is 3.23. The number of rotatable bonds is 4. The molecule has 2 atom stereocenters. The predicted octanol–water partition coefficient (Wildman–Crippen LogP) is 2.09. The molecule has 0 bridgehead atoms. The van der Waals surface area contributed by atoms with Crippen LogP contribution >= 0.6 is 0 Å². The van der Waals surface area contributed by atoms with E-state index in [-0.39, 0.29) is 17.7 Å². The van der Waals surface area contributed by atoms with Crippen LogP contribution in [0.3, 0.4) is 0 Å². The molecule has 18 heavy (non-hydrogen) atoms. The summed E-state index contributed by atoms with van der Waals surface area (Å²) in [6, 6.07) is 7.60. The fourth-order valence-corrected chi connectivity index (χ4v) is 2.12. The van der Waals surface area contributed by atoms with Gasteiger partial charge in [0.25, 0.3) is 0 Å². The Morgan fingerprint density at radius 3 is 3.11 bits per heavy atom. The Balaban J connectivity index is 1.52. The minimum atomic E-state index is 0.0628. The van der Waals surface area contributed by atoms with E-state index in [1.54, 1.807) is 18.7 Å². The minimum Gasteiger partial charge on any atom is -0.469 e. The Morgan fingerprint density at radius 1 is 1.44 bits per heavy atom. The van der Waals surface area contributed by atoms with Gasteiger partial charge in [0, 0.05) is 30.8 Å². The highest BCUT2D eigenvalue weighted by Crippen LogP contribution is 2.47. The molecule has 1 N–H and O–H groups in total. The van der Waals surface area contributed by atoms with Gasteiger partial charge in [-0.3, -0.25) is 9.78 Å². The van der Waals surface area contributed by atoms with Gasteiger partial charge in [-0.2, -0.15) is 0 Å². The number of nitrogens with one attached hydrogen (secondary N) is 1. The highest BCUT2D eigenvalue weighted by Gasteiger charge is 2.45. The van der Waals surface area contributed by atoms with Crippen LogP contribution in [0.25, 0.3) is 0 Å². The highest BCUT2D eigenvalue weighted by molar-refractivity contribution is 5.82. The third kappa shape index (κ3) is 2.27. The van der Waals surface area contributed by atoms with Gasteiger partial charge < -0.3 is 9.73 Å². The van der Waals surface area contributed by atoms with Crippen molar-refractivity contribution in [2.45, 2.75) is 18.9 Å². The second kappa shape index (κ2) is 4.64. The van der Waals surface area contributed by atoms with Crippen LogP contribution in [0.4, 0.5) is 0 Å². The average molecular weight is 242 g/mol. The maximum atomic E-state index is 11.9. The minimum absolute atomic E-state index is 0.0628. The van der Waals surface area contributed by atoms with Crippen LogP contribution in [-0.2, 0) is 11.3 Å². The molecule has 0 aromatic carbocycles. The second-order valence-corrected chi connectivity index (χ2v) is 4.54. The molecule has 4 nitrogen and oxygen atoms in total. The number of furan rings is 1. The lowest BCUT2D eigenvalue weighted by atomic mass is 10.2. The van der Waals surface area contributed by atoms with E-state index in [1.807, 2.05) is 24.3 Å². The summed E-state index contributed by atoms with van der Waals surface area (Å²) in [5.74, 6) is 1.33. The van der Waals surface area contributed by atoms with Gasteiger partial charge in [-0.15, -0.1) is 0 Å². The van der Waals surface area contributed by atoms with Gasteiger partial charge in [0.15, 0.2) is 0 Å². The van der Waals surface area contributed by atoms with E-state index in [0.717, 1.165) is 17.7 Å². The number of nitrogens with zero attached hydrogens (tertiary/aromatic N) is 1. The smallest absolute Gasteiger partial charge is 0.224 e. The highest BCUT2D eigenvalue weighted by atomic mass is 16.3. The van der Waals surface area contributed by atoms with Crippen molar-refractivity contribution in [3.05, 3.63) is 54.2 Å². The standard InChI is InChI=1S/C14H14N2O2/c17-14(16-9-10-3-1-5-15-8-10)12-7-11(12)13-4-2-6-18-13/h1-6,8,11-12H,7,9H2,(H,16,17). The average Bonchev–Trinajstić information content (AvgIpc) is 3.03. The SMILES string of the molecule is O=C(NCc1cccnc1)C1CC1c1ccco1. The fraction of sp³-hybridized carbons (Fsp3) is 0.286. The van der Waals surface area contributed by atoms with Crippen molar-refractivity contribution in [1.82, 2.24) is 10.3 Å². The zero-order valence-corrected chi connectivity index (χ0v) is 9.87. The normalized spacial score (nSPS) is 21.6. The second-order valence-electron chi connectivity index (χ2n) is 4.54. The Kier molecular flexibility index (Phi) is 2.84. The van der Waals surface area contributed by atoms with Crippen LogP contribution in [0.5, 0.6) is 0 Å². The van der Waals surface area contributed by atoms with E-state index in [0.29, 0.717) is 6.54 Å². The number of carbonyl (C=O) groups excluding carboxylic acids is 1. The van der Waals surface area contributed by atoms with Crippen LogP contribution in [0.2, 0.25) is 0 Å². The molecule has 2 unspecified atom stereocenters. The summed E-state index contributed by atoms with van der Waals surface area (Å²) in [7, 11) is 0. The molecule has 0 spiro atoms. The van der Waals surface area contributed by atoms with Gasteiger partial charge in [-0.25, -0.2) is 0 Å². The van der Waals surface area contributed by atoms with Gasteiger partial charge in [0.2, 0.25) is 5.91 Å². The molecule has 1 saturated carbocycles. The topological polar surface area (TPSA) is 55.1 Å². The first-order valence-corrected chi connectivity index (χ1v) is 6.04. The number of hydrogen-bond acceptors (Lipinski definition) is 3. The molecule has 1 amide bonds. The Hall–Kier alpha value is -2.10. The van der Waals surface area contributed by atoms with Crippen LogP contribution in [0.1, 0.15) is 23.7 Å². The van der Waals surface area contributed by atoms with Crippen molar-refractivity contribution in [2.75, 3.05) is 0 Å². The first-order chi connectivity index (χ1) is 8.84. The molecule has 0 radical (unpaired) electrons. The number of amides is 1. The van der Waals surface area contributed by atoms with E-state index < -0.39 is 0 Å². The van der Waals surface area contributed by atoms with Crippen molar-refractivity contribution in [3.63, 3.8) is 0 Å². The molecule has 1 aliphatic carbocycles. The summed E-state index contributed by atoms with van der Waals surface area (Å²) in [4.78, 5) is 15.9. The molecule has 2 aromatic heterocycles. The Bertz CT molecular complexity index is 522. The molecule has 92 valence electrons. The summed E-state index contributed by atoms with van der Waals surface area (Å²) in [6.07, 6.45) is 6.01. The Labute approximate surface area is 105 Å². The van der Waals surface area contributed by atoms with Crippen molar-refractivity contribution in [3.8, 4) is 0 Å². The summed E-state index contributed by atoms with van der Waals surface area (Å²) in [5.41, 5.74) is 1.01. The van der Waals surface area contributed by atoms with Gasteiger partial charge in [0.1, 0.15) is 5.76 Å². The lowest BCUT2D eigenvalue weighted by molar-refractivity contribution is -0.122. The van der Waals surface area contributed by atoms with Crippen LogP contribution in [-0.4, -0.2) is 10.9 Å². The molecule has 1 fully saturated rings. The van der Waals surface area contributed by atoms with E-state index in [9.17, 15) is 4.79 Å². The van der Waals surface area contributed by atoms with Crippen LogP contribution < -0.4 is 5.32 Å². The molecular formula is C14H14N2O2. The monoisotopic (exact) mass is 242 g/mol. The summed E-state index contributed by atoms with van der Waals surface area (Å²) in [5, 5.41) is 2.93. The van der Waals surface area contributed by atoms with Gasteiger partial charge >= 0.3 is 0 Å². The third-order valence-electron chi connectivity index (χ3n) is 3.23. The molecule has 2 aromatic rings. The van der Waals surface area contributed by atoms with Gasteiger partial charge in [-0.1, -0.05) is 6.07 Å².